The number of carbonyl (C=O) groups excluding carboxylic acids is 1. The minimum Gasteiger partial charge on any atom is -0.495 e. The van der Waals surface area contributed by atoms with E-state index in [0.29, 0.717) is 35.8 Å². The van der Waals surface area contributed by atoms with Gasteiger partial charge in [-0.2, -0.15) is 0 Å². The second kappa shape index (κ2) is 16.5. The van der Waals surface area contributed by atoms with Crippen molar-refractivity contribution in [2.45, 2.75) is 83.4 Å². The smallest absolute Gasteiger partial charge is 0.495 e. The van der Waals surface area contributed by atoms with E-state index in [4.69, 9.17) is 28.4 Å². The number of nitrogens with zero attached hydrogens (tertiary/aromatic N) is 1. The Bertz CT molecular complexity index is 1040. The highest BCUT2D eigenvalue weighted by atomic mass is 19.1. The Morgan fingerprint density at radius 3 is 2.38 bits per heavy atom. The first-order chi connectivity index (χ1) is 19.4. The van der Waals surface area contributed by atoms with Crippen molar-refractivity contribution in [3.05, 3.63) is 59.2 Å². The fourth-order valence-corrected chi connectivity index (χ4v) is 4.48. The lowest BCUT2D eigenvalue weighted by molar-refractivity contribution is -0.256. The van der Waals surface area contributed by atoms with Crippen LogP contribution < -0.4 is 4.74 Å². The van der Waals surface area contributed by atoms with E-state index in [0.717, 1.165) is 25.7 Å². The molecule has 5 atom stereocenters. The second-order valence-electron chi connectivity index (χ2n) is 9.67. The Balaban J connectivity index is 1.92. The molecule has 5 unspecified atom stereocenters. The van der Waals surface area contributed by atoms with Crippen LogP contribution in [0.4, 0.5) is 9.18 Å². The molecule has 10 heteroatoms. The molecule has 1 fully saturated rings. The van der Waals surface area contributed by atoms with Crippen molar-refractivity contribution in [1.29, 1.82) is 0 Å². The van der Waals surface area contributed by atoms with Gasteiger partial charge in [-0.05, 0) is 55.2 Å². The SMILES string of the molecule is CCCCOC1C(c2ccc(F)c(Cc3ccc(OC)cn3)c2)OC(COC(=O)OCC)C(O)C1OCCCC. The molecule has 1 aliphatic rings. The molecular formula is C30H42FNO8. The summed E-state index contributed by atoms with van der Waals surface area (Å²) in [4.78, 5) is 16.2. The molecule has 2 aromatic rings. The molecule has 0 bridgehead atoms. The van der Waals surface area contributed by atoms with Crippen LogP contribution in [0.25, 0.3) is 0 Å². The number of hydrogen-bond donors (Lipinski definition) is 1. The highest BCUT2D eigenvalue weighted by molar-refractivity contribution is 5.59. The van der Waals surface area contributed by atoms with Gasteiger partial charge in [0.1, 0.15) is 48.7 Å². The molecule has 0 saturated carbocycles. The molecule has 1 N–H and O–H groups in total. The van der Waals surface area contributed by atoms with E-state index in [1.54, 1.807) is 44.5 Å². The molecule has 1 aromatic heterocycles. The van der Waals surface area contributed by atoms with Gasteiger partial charge in [0.15, 0.2) is 0 Å². The van der Waals surface area contributed by atoms with Gasteiger partial charge in [-0.25, -0.2) is 9.18 Å². The number of aromatic nitrogens is 1. The lowest BCUT2D eigenvalue weighted by atomic mass is 9.89. The van der Waals surface area contributed by atoms with Crippen LogP contribution in [0.15, 0.2) is 36.5 Å². The first-order valence-electron chi connectivity index (χ1n) is 14.0. The number of aliphatic hydroxyl groups excluding tert-OH is 1. The minimum atomic E-state index is -1.13. The number of aliphatic hydroxyl groups is 1. The lowest BCUT2D eigenvalue weighted by Crippen LogP contribution is -2.57. The molecule has 2 heterocycles. The van der Waals surface area contributed by atoms with Crippen molar-refractivity contribution in [2.75, 3.05) is 33.5 Å². The van der Waals surface area contributed by atoms with Crippen LogP contribution in [0.3, 0.4) is 0 Å². The Labute approximate surface area is 235 Å². The number of pyridine rings is 1. The first-order valence-corrected chi connectivity index (χ1v) is 14.0. The normalized spacial score (nSPS) is 22.6. The molecule has 1 saturated heterocycles. The number of unbranched alkanes of at least 4 members (excludes halogenated alkanes) is 2. The van der Waals surface area contributed by atoms with Crippen molar-refractivity contribution in [1.82, 2.24) is 4.98 Å². The fraction of sp³-hybridized carbons (Fsp3) is 0.600. The zero-order valence-electron chi connectivity index (χ0n) is 23.8. The van der Waals surface area contributed by atoms with Crippen molar-refractivity contribution in [3.63, 3.8) is 0 Å². The highest BCUT2D eigenvalue weighted by Crippen LogP contribution is 2.37. The standard InChI is InChI=1S/C30H42FNO8/c1-5-8-14-37-28-26(33)25(19-39-30(34)36-7-3)40-27(29(28)38-15-9-6-2)20-10-13-24(31)21(16-20)17-22-11-12-23(35-4)18-32-22/h10-13,16,18,25-29,33H,5-9,14-15,17,19H2,1-4H3. The predicted octanol–water partition coefficient (Wildman–Crippen LogP) is 5.16. The van der Waals surface area contributed by atoms with Gasteiger partial charge in [0.05, 0.1) is 19.9 Å². The Morgan fingerprint density at radius 2 is 1.75 bits per heavy atom. The third kappa shape index (κ3) is 8.86. The third-order valence-corrected chi connectivity index (χ3v) is 6.71. The number of halogens is 1. The molecule has 0 radical (unpaired) electrons. The summed E-state index contributed by atoms with van der Waals surface area (Å²) in [6, 6.07) is 8.33. The van der Waals surface area contributed by atoms with Gasteiger partial charge < -0.3 is 33.5 Å². The Kier molecular flexibility index (Phi) is 13.1. The number of carbonyl (C=O) groups is 1. The van der Waals surface area contributed by atoms with E-state index in [2.05, 4.69) is 18.8 Å². The van der Waals surface area contributed by atoms with Crippen molar-refractivity contribution in [2.24, 2.45) is 0 Å². The van der Waals surface area contributed by atoms with Gasteiger partial charge in [-0.15, -0.1) is 0 Å². The molecule has 1 aromatic carbocycles. The van der Waals surface area contributed by atoms with Crippen LogP contribution in [-0.2, 0) is 30.1 Å². The van der Waals surface area contributed by atoms with Gasteiger partial charge in [-0.1, -0.05) is 32.8 Å². The summed E-state index contributed by atoms with van der Waals surface area (Å²) >= 11 is 0. The molecular weight excluding hydrogens is 521 g/mol. The Morgan fingerprint density at radius 1 is 1.02 bits per heavy atom. The quantitative estimate of drug-likeness (QED) is 0.232. The fourth-order valence-electron chi connectivity index (χ4n) is 4.48. The lowest BCUT2D eigenvalue weighted by Gasteiger charge is -2.44. The maximum Gasteiger partial charge on any atom is 0.508 e. The predicted molar refractivity (Wildman–Crippen MR) is 146 cm³/mol. The van der Waals surface area contributed by atoms with E-state index in [9.17, 15) is 14.3 Å². The summed E-state index contributed by atoms with van der Waals surface area (Å²) < 4.78 is 48.9. The second-order valence-corrected chi connectivity index (χ2v) is 9.67. The molecule has 1 aliphatic heterocycles. The molecule has 0 spiro atoms. The van der Waals surface area contributed by atoms with E-state index in [1.165, 1.54) is 6.07 Å². The number of hydrogen-bond acceptors (Lipinski definition) is 9. The molecule has 222 valence electrons. The molecule has 3 rings (SSSR count). The van der Waals surface area contributed by atoms with E-state index >= 15 is 0 Å². The monoisotopic (exact) mass is 563 g/mol. The Hall–Kier alpha value is -2.79. The largest absolute Gasteiger partial charge is 0.508 e. The van der Waals surface area contributed by atoms with Crippen molar-refractivity contribution < 1.29 is 42.7 Å². The van der Waals surface area contributed by atoms with Gasteiger partial charge in [0, 0.05) is 25.3 Å². The molecule has 0 aliphatic carbocycles. The van der Waals surface area contributed by atoms with Gasteiger partial charge in [0.25, 0.3) is 0 Å². The summed E-state index contributed by atoms with van der Waals surface area (Å²) in [6.07, 6.45) is 0.268. The maximum absolute atomic E-state index is 15.0. The summed E-state index contributed by atoms with van der Waals surface area (Å²) in [7, 11) is 1.56. The minimum absolute atomic E-state index is 0.160. The average Bonchev–Trinajstić information content (AvgIpc) is 2.96. The maximum atomic E-state index is 15.0. The summed E-state index contributed by atoms with van der Waals surface area (Å²) in [6.45, 7) is 6.56. The third-order valence-electron chi connectivity index (χ3n) is 6.71. The van der Waals surface area contributed by atoms with Crippen LogP contribution in [0.2, 0.25) is 0 Å². The highest BCUT2D eigenvalue weighted by Gasteiger charge is 2.47. The summed E-state index contributed by atoms with van der Waals surface area (Å²) in [5.74, 6) is 0.239. The van der Waals surface area contributed by atoms with E-state index in [1.807, 2.05) is 0 Å². The van der Waals surface area contributed by atoms with Crippen LogP contribution in [0.1, 0.15) is 69.4 Å². The molecule has 0 amide bonds. The zero-order chi connectivity index (χ0) is 28.9. The van der Waals surface area contributed by atoms with Gasteiger partial charge in [-0.3, -0.25) is 4.98 Å². The van der Waals surface area contributed by atoms with Crippen molar-refractivity contribution in [3.8, 4) is 5.75 Å². The van der Waals surface area contributed by atoms with Crippen LogP contribution in [0, 0.1) is 5.82 Å². The van der Waals surface area contributed by atoms with Gasteiger partial charge in [0.2, 0.25) is 0 Å². The van der Waals surface area contributed by atoms with Crippen LogP contribution in [0.5, 0.6) is 5.75 Å². The summed E-state index contributed by atoms with van der Waals surface area (Å²) in [5.41, 5.74) is 1.76. The van der Waals surface area contributed by atoms with Crippen LogP contribution in [-0.4, -0.2) is 74.2 Å². The zero-order valence-corrected chi connectivity index (χ0v) is 23.8. The van der Waals surface area contributed by atoms with E-state index < -0.39 is 36.7 Å². The molecule has 40 heavy (non-hydrogen) atoms. The van der Waals surface area contributed by atoms with Gasteiger partial charge >= 0.3 is 6.16 Å². The number of rotatable bonds is 15. The number of ether oxygens (including phenoxy) is 6. The van der Waals surface area contributed by atoms with E-state index in [-0.39, 0.29) is 25.5 Å². The van der Waals surface area contributed by atoms with Crippen LogP contribution >= 0.6 is 0 Å². The topological polar surface area (TPSA) is 106 Å². The van der Waals surface area contributed by atoms with Crippen molar-refractivity contribution >= 4 is 6.16 Å². The number of benzene rings is 1. The average molecular weight is 564 g/mol. The number of methoxy groups -OCH3 is 1. The first kappa shape index (κ1) is 31.7. The summed E-state index contributed by atoms with van der Waals surface area (Å²) in [5, 5.41) is 11.3. The molecule has 9 nitrogen and oxygen atoms in total.